The Morgan fingerprint density at radius 2 is 1.15 bits per heavy atom. The number of carbonyl (C=O) groups is 3. The van der Waals surface area contributed by atoms with Crippen molar-refractivity contribution in [2.24, 2.45) is 47.3 Å². The van der Waals surface area contributed by atoms with E-state index in [4.69, 9.17) is 14.2 Å². The van der Waals surface area contributed by atoms with Crippen molar-refractivity contribution in [3.8, 4) is 23.6 Å². The zero-order chi connectivity index (χ0) is 43.1. The molecule has 1 aromatic carbocycles. The first-order chi connectivity index (χ1) is 29.8. The number of hydrogen-bond donors (Lipinski definition) is 0. The van der Waals surface area contributed by atoms with Gasteiger partial charge in [-0.25, -0.2) is 4.79 Å². The smallest absolute Gasteiger partial charge is 0.330 e. The third-order valence-electron chi connectivity index (χ3n) is 15.1. The summed E-state index contributed by atoms with van der Waals surface area (Å²) < 4.78 is 17.7. The van der Waals surface area contributed by atoms with Crippen molar-refractivity contribution in [3.05, 3.63) is 35.4 Å². The van der Waals surface area contributed by atoms with Gasteiger partial charge in [0.2, 0.25) is 0 Å². The fourth-order valence-corrected chi connectivity index (χ4v) is 12.5. The van der Waals surface area contributed by atoms with Gasteiger partial charge < -0.3 is 19.1 Å². The van der Waals surface area contributed by atoms with E-state index < -0.39 is 5.97 Å². The van der Waals surface area contributed by atoms with Crippen LogP contribution < -0.4 is 14.4 Å². The molecule has 1 aliphatic heterocycles. The fourth-order valence-electron chi connectivity index (χ4n) is 11.3. The molecule has 332 valence electrons. The van der Waals surface area contributed by atoms with Crippen LogP contribution in [0.25, 0.3) is 0 Å². The summed E-state index contributed by atoms with van der Waals surface area (Å²) >= 11 is 1.20. The molecule has 4 saturated carbocycles. The predicted molar refractivity (Wildman–Crippen MR) is 240 cm³/mol. The highest BCUT2D eigenvalue weighted by Crippen LogP contribution is 2.56. The van der Waals surface area contributed by atoms with E-state index >= 15 is 0 Å². The number of rotatable bonds is 18. The molecule has 5 aliphatic rings. The second-order valence-corrected chi connectivity index (χ2v) is 19.9. The second-order valence-electron chi connectivity index (χ2n) is 18.9. The van der Waals surface area contributed by atoms with E-state index in [-0.39, 0.29) is 36.0 Å². The number of nitriles is 2. The second kappa shape index (κ2) is 23.6. The molecule has 0 aromatic heterocycles. The molecule has 1 aromatic rings. The standard InChI is InChI=1S/C51H71N3O6S/c1-4-7-11-35-13-17-37(18-14-35)39-21-25-41(26-22-39)50(56)59-44-29-30-45(48-47(44)54(49(61-48)43(33-52)34-53)31-9-10-32-58-46(55)6-3)60-51(57)42-27-23-40(24-28-42)38-19-15-36(16-20-38)12-8-5-2/h6,29-30,35-42H,3-5,7-28,31-32H2,1-2H3. The first-order valence-corrected chi connectivity index (χ1v) is 25.0. The lowest BCUT2D eigenvalue weighted by atomic mass is 9.68. The molecular weight excluding hydrogens is 783 g/mol. The highest BCUT2D eigenvalue weighted by molar-refractivity contribution is 8.03. The Balaban J connectivity index is 1.14. The number of hydrogen-bond acceptors (Lipinski definition) is 10. The van der Waals surface area contributed by atoms with Crippen LogP contribution in [-0.2, 0) is 19.1 Å². The van der Waals surface area contributed by atoms with Crippen molar-refractivity contribution in [2.45, 2.75) is 173 Å². The number of benzene rings is 1. The SMILES string of the molecule is C=CC(=O)OCCCCN1C(=C(C#N)C#N)Sc2c(OC(=O)C3CCC(C4CCC(CCCC)CC4)CC3)ccc(OC(=O)C3CCC(C4CCC(CCCC)CC4)CC3)c21. The molecule has 4 aliphatic carbocycles. The molecule has 6 rings (SSSR count). The average Bonchev–Trinajstić information content (AvgIpc) is 3.68. The van der Waals surface area contributed by atoms with E-state index in [1.807, 2.05) is 4.90 Å². The molecule has 0 bridgehead atoms. The number of carbonyl (C=O) groups excluding carboxylic acids is 3. The summed E-state index contributed by atoms with van der Waals surface area (Å²) in [5, 5.41) is 20.5. The summed E-state index contributed by atoms with van der Waals surface area (Å²) in [6.07, 6.45) is 28.2. The molecule has 9 nitrogen and oxygen atoms in total. The molecule has 0 atom stereocenters. The first kappa shape index (κ1) is 46.7. The third-order valence-corrected chi connectivity index (χ3v) is 16.3. The minimum atomic E-state index is -0.498. The first-order valence-electron chi connectivity index (χ1n) is 24.2. The van der Waals surface area contributed by atoms with Gasteiger partial charge in [0.05, 0.1) is 23.3 Å². The van der Waals surface area contributed by atoms with Crippen molar-refractivity contribution in [3.63, 3.8) is 0 Å². The zero-order valence-corrected chi connectivity index (χ0v) is 38.0. The normalized spacial score (nSPS) is 27.5. The monoisotopic (exact) mass is 854 g/mol. The van der Waals surface area contributed by atoms with Gasteiger partial charge in [0.1, 0.15) is 28.6 Å². The number of anilines is 1. The van der Waals surface area contributed by atoms with Gasteiger partial charge in [-0.3, -0.25) is 9.59 Å². The van der Waals surface area contributed by atoms with Gasteiger partial charge in [0.15, 0.2) is 11.3 Å². The molecule has 0 N–H and O–H groups in total. The van der Waals surface area contributed by atoms with Gasteiger partial charge in [0.25, 0.3) is 0 Å². The summed E-state index contributed by atoms with van der Waals surface area (Å²) in [5.74, 6) is 3.89. The lowest BCUT2D eigenvalue weighted by Crippen LogP contribution is -2.30. The molecule has 4 fully saturated rings. The van der Waals surface area contributed by atoms with Crippen molar-refractivity contribution >= 4 is 35.4 Å². The lowest BCUT2D eigenvalue weighted by molar-refractivity contribution is -0.141. The topological polar surface area (TPSA) is 130 Å². The summed E-state index contributed by atoms with van der Waals surface area (Å²) in [4.78, 5) is 42.0. The van der Waals surface area contributed by atoms with Crippen LogP contribution in [0.15, 0.2) is 40.3 Å². The summed E-state index contributed by atoms with van der Waals surface area (Å²) in [6.45, 7) is 8.55. The van der Waals surface area contributed by atoms with E-state index in [0.29, 0.717) is 58.3 Å². The highest BCUT2D eigenvalue weighted by Gasteiger charge is 2.39. The van der Waals surface area contributed by atoms with Crippen molar-refractivity contribution in [1.82, 2.24) is 0 Å². The zero-order valence-electron chi connectivity index (χ0n) is 37.1. The maximum atomic E-state index is 14.0. The molecule has 0 amide bonds. The predicted octanol–water partition coefficient (Wildman–Crippen LogP) is 12.8. The number of ether oxygens (including phenoxy) is 3. The molecule has 61 heavy (non-hydrogen) atoms. The average molecular weight is 854 g/mol. The molecule has 10 heteroatoms. The number of esters is 3. The van der Waals surface area contributed by atoms with Crippen LogP contribution in [0.4, 0.5) is 5.69 Å². The summed E-state index contributed by atoms with van der Waals surface area (Å²) in [6, 6.07) is 7.51. The van der Waals surface area contributed by atoms with E-state index in [1.54, 1.807) is 12.1 Å². The van der Waals surface area contributed by atoms with E-state index in [2.05, 4.69) is 32.6 Å². The van der Waals surface area contributed by atoms with Gasteiger partial charge in [-0.2, -0.15) is 10.5 Å². The number of fused-ring (bicyclic) bond motifs is 1. The van der Waals surface area contributed by atoms with E-state index in [9.17, 15) is 24.9 Å². The van der Waals surface area contributed by atoms with Gasteiger partial charge in [-0.05, 0) is 138 Å². The van der Waals surface area contributed by atoms with E-state index in [1.165, 1.54) is 102 Å². The highest BCUT2D eigenvalue weighted by atomic mass is 32.2. The van der Waals surface area contributed by atoms with Crippen molar-refractivity contribution < 1.29 is 28.6 Å². The number of unbranched alkanes of at least 4 members (excludes halogenated alkanes) is 3. The number of thioether (sulfide) groups is 1. The van der Waals surface area contributed by atoms with Crippen LogP contribution >= 0.6 is 11.8 Å². The van der Waals surface area contributed by atoms with Crippen LogP contribution in [0.3, 0.4) is 0 Å². The van der Waals surface area contributed by atoms with Crippen molar-refractivity contribution in [2.75, 3.05) is 18.1 Å². The quantitative estimate of drug-likeness (QED) is 0.0462. The van der Waals surface area contributed by atoms with Crippen LogP contribution in [0.5, 0.6) is 11.5 Å². The van der Waals surface area contributed by atoms with Crippen LogP contribution in [0, 0.1) is 70.0 Å². The minimum absolute atomic E-state index is 0.0794. The number of nitrogens with zero attached hydrogens (tertiary/aromatic N) is 3. The molecule has 0 radical (unpaired) electrons. The minimum Gasteiger partial charge on any atom is -0.463 e. The molecule has 0 saturated heterocycles. The van der Waals surface area contributed by atoms with E-state index in [0.717, 1.165) is 81.1 Å². The third kappa shape index (κ3) is 12.5. The maximum absolute atomic E-state index is 14.0. The van der Waals surface area contributed by atoms with Crippen LogP contribution in [0.2, 0.25) is 0 Å². The largest absolute Gasteiger partial charge is 0.463 e. The van der Waals surface area contributed by atoms with Gasteiger partial charge >= 0.3 is 17.9 Å². The molecule has 1 heterocycles. The Morgan fingerprint density at radius 3 is 1.61 bits per heavy atom. The van der Waals surface area contributed by atoms with Crippen molar-refractivity contribution in [1.29, 1.82) is 10.5 Å². The molecular formula is C51H71N3O6S. The van der Waals surface area contributed by atoms with Gasteiger partial charge in [0, 0.05) is 12.6 Å². The lowest BCUT2D eigenvalue weighted by Gasteiger charge is -2.37. The van der Waals surface area contributed by atoms with Crippen LogP contribution in [-0.4, -0.2) is 31.1 Å². The Morgan fingerprint density at radius 1 is 0.689 bits per heavy atom. The fraction of sp³-hybridized carbons (Fsp3) is 0.706. The summed E-state index contributed by atoms with van der Waals surface area (Å²) in [5.41, 5.74) is 0.445. The number of allylic oxidation sites excluding steroid dienone is 1. The Hall–Kier alpha value is -3.76. The van der Waals surface area contributed by atoms with Gasteiger partial charge in [-0.15, -0.1) is 0 Å². The Kier molecular flexibility index (Phi) is 18.1. The van der Waals surface area contributed by atoms with Gasteiger partial charge in [-0.1, -0.05) is 96.4 Å². The maximum Gasteiger partial charge on any atom is 0.330 e. The molecule has 0 spiro atoms. The molecule has 0 unspecified atom stereocenters. The Labute approximate surface area is 370 Å². The summed E-state index contributed by atoms with van der Waals surface area (Å²) in [7, 11) is 0. The Bertz CT molecular complexity index is 1750. The van der Waals surface area contributed by atoms with Crippen LogP contribution in [0.1, 0.15) is 168 Å².